The third-order valence-corrected chi connectivity index (χ3v) is 5.87. The molecule has 0 bridgehead atoms. The fraction of sp³-hybridized carbons (Fsp3) is 0.304. The molecular weight excluding hydrogens is 318 g/mol. The Morgan fingerprint density at radius 1 is 0.962 bits per heavy atom. The Kier molecular flexibility index (Phi) is 4.33. The van der Waals surface area contributed by atoms with Gasteiger partial charge in [0.2, 0.25) is 0 Å². The van der Waals surface area contributed by atoms with Gasteiger partial charge in [0, 0.05) is 53.2 Å². The molecule has 2 heterocycles. The van der Waals surface area contributed by atoms with E-state index in [1.165, 1.54) is 38.6 Å². The quantitative estimate of drug-likeness (QED) is 0.557. The first kappa shape index (κ1) is 16.9. The molecule has 3 nitrogen and oxygen atoms in total. The van der Waals surface area contributed by atoms with Gasteiger partial charge in [0.1, 0.15) is 0 Å². The lowest BCUT2D eigenvalue weighted by molar-refractivity contribution is 0.687. The van der Waals surface area contributed by atoms with E-state index in [1.807, 2.05) is 0 Å². The van der Waals surface area contributed by atoms with Gasteiger partial charge in [-0.2, -0.15) is 0 Å². The van der Waals surface area contributed by atoms with Crippen LogP contribution in [0.4, 0.5) is 0 Å². The molecule has 0 saturated carbocycles. The van der Waals surface area contributed by atoms with Crippen LogP contribution in [0, 0.1) is 6.92 Å². The van der Waals surface area contributed by atoms with Crippen LogP contribution in [0.3, 0.4) is 0 Å². The van der Waals surface area contributed by atoms with Crippen molar-refractivity contribution in [2.24, 2.45) is 12.8 Å². The van der Waals surface area contributed by atoms with E-state index in [4.69, 9.17) is 5.73 Å². The molecule has 26 heavy (non-hydrogen) atoms. The number of aryl methyl sites for hydroxylation is 2. The number of nitrogens with zero attached hydrogens (tertiary/aromatic N) is 2. The fourth-order valence-electron chi connectivity index (χ4n) is 4.29. The summed E-state index contributed by atoms with van der Waals surface area (Å²) >= 11 is 0. The van der Waals surface area contributed by atoms with Gasteiger partial charge in [-0.3, -0.25) is 0 Å². The summed E-state index contributed by atoms with van der Waals surface area (Å²) in [6, 6.07) is 17.4. The number of hydrogen-bond acceptors (Lipinski definition) is 1. The van der Waals surface area contributed by atoms with Gasteiger partial charge >= 0.3 is 0 Å². The number of fused-ring (bicyclic) bond motifs is 2. The van der Waals surface area contributed by atoms with Crippen molar-refractivity contribution in [2.45, 2.75) is 32.7 Å². The monoisotopic (exact) mass is 345 g/mol. The van der Waals surface area contributed by atoms with E-state index in [-0.39, 0.29) is 0 Å². The highest BCUT2D eigenvalue weighted by Crippen LogP contribution is 2.33. The van der Waals surface area contributed by atoms with E-state index < -0.39 is 0 Å². The molecule has 0 amide bonds. The Bertz CT molecular complexity index is 1070. The van der Waals surface area contributed by atoms with Crippen LogP contribution in [0.1, 0.15) is 29.7 Å². The second-order valence-corrected chi connectivity index (χ2v) is 7.16. The molecule has 0 saturated heterocycles. The van der Waals surface area contributed by atoms with Gasteiger partial charge in [-0.25, -0.2) is 0 Å². The lowest BCUT2D eigenvalue weighted by Gasteiger charge is -2.15. The molecule has 0 aliphatic rings. The molecule has 2 aromatic carbocycles. The minimum Gasteiger partial charge on any atom is -0.348 e. The van der Waals surface area contributed by atoms with Gasteiger partial charge < -0.3 is 14.9 Å². The average Bonchev–Trinajstić information content (AvgIpc) is 3.17. The predicted molar refractivity (Wildman–Crippen MR) is 111 cm³/mol. The Balaban J connectivity index is 1.82. The smallest absolute Gasteiger partial charge is 0.0483 e. The lowest BCUT2D eigenvalue weighted by Crippen LogP contribution is -2.15. The molecule has 4 rings (SSSR count). The zero-order valence-corrected chi connectivity index (χ0v) is 15.9. The summed E-state index contributed by atoms with van der Waals surface area (Å²) in [5, 5.41) is 2.69. The first-order valence-electron chi connectivity index (χ1n) is 9.46. The highest BCUT2D eigenvalue weighted by molar-refractivity contribution is 5.87. The molecule has 4 aromatic rings. The number of para-hydroxylation sites is 2. The summed E-state index contributed by atoms with van der Waals surface area (Å²) in [6.07, 6.45) is 3.28. The number of hydrogen-bond donors (Lipinski definition) is 1. The SMILES string of the molecule is CCn1cc(C(CN)Cc2c(C)n(C)c3ccccc23)c2ccccc21. The van der Waals surface area contributed by atoms with Crippen molar-refractivity contribution in [3.05, 3.63) is 71.5 Å². The Labute approximate surface area is 155 Å². The van der Waals surface area contributed by atoms with Crippen molar-refractivity contribution in [2.75, 3.05) is 6.54 Å². The Morgan fingerprint density at radius 2 is 1.62 bits per heavy atom. The van der Waals surface area contributed by atoms with Crippen molar-refractivity contribution in [1.29, 1.82) is 0 Å². The molecular formula is C23H27N3. The minimum absolute atomic E-state index is 0.317. The maximum Gasteiger partial charge on any atom is 0.0483 e. The molecule has 3 heteroatoms. The van der Waals surface area contributed by atoms with Crippen LogP contribution >= 0.6 is 0 Å². The van der Waals surface area contributed by atoms with Crippen molar-refractivity contribution < 1.29 is 0 Å². The van der Waals surface area contributed by atoms with E-state index in [0.717, 1.165) is 13.0 Å². The second kappa shape index (κ2) is 6.65. The highest BCUT2D eigenvalue weighted by atomic mass is 15.0. The second-order valence-electron chi connectivity index (χ2n) is 7.16. The number of aromatic nitrogens is 2. The Hall–Kier alpha value is -2.52. The number of rotatable bonds is 5. The van der Waals surface area contributed by atoms with Crippen molar-refractivity contribution in [3.63, 3.8) is 0 Å². The van der Waals surface area contributed by atoms with Gasteiger partial charge in [0.05, 0.1) is 0 Å². The fourth-order valence-corrected chi connectivity index (χ4v) is 4.29. The Morgan fingerprint density at radius 3 is 2.31 bits per heavy atom. The van der Waals surface area contributed by atoms with Crippen LogP contribution in [0.5, 0.6) is 0 Å². The summed E-state index contributed by atoms with van der Waals surface area (Å²) in [4.78, 5) is 0. The average molecular weight is 345 g/mol. The van der Waals surface area contributed by atoms with Crippen LogP contribution in [-0.2, 0) is 20.0 Å². The van der Waals surface area contributed by atoms with E-state index >= 15 is 0 Å². The zero-order valence-electron chi connectivity index (χ0n) is 15.9. The maximum absolute atomic E-state index is 6.28. The van der Waals surface area contributed by atoms with Crippen molar-refractivity contribution >= 4 is 21.8 Å². The van der Waals surface area contributed by atoms with E-state index in [1.54, 1.807) is 0 Å². The molecule has 1 atom stereocenters. The van der Waals surface area contributed by atoms with E-state index in [0.29, 0.717) is 12.5 Å². The first-order chi connectivity index (χ1) is 12.7. The molecule has 0 aliphatic carbocycles. The topological polar surface area (TPSA) is 35.9 Å². The third kappa shape index (κ3) is 2.55. The van der Waals surface area contributed by atoms with Gasteiger partial charge in [0.25, 0.3) is 0 Å². The third-order valence-electron chi connectivity index (χ3n) is 5.87. The predicted octanol–water partition coefficient (Wildman–Crippen LogP) is 4.75. The largest absolute Gasteiger partial charge is 0.348 e. The van der Waals surface area contributed by atoms with Gasteiger partial charge in [0.15, 0.2) is 0 Å². The first-order valence-corrected chi connectivity index (χ1v) is 9.46. The normalized spacial score (nSPS) is 12.9. The molecule has 134 valence electrons. The van der Waals surface area contributed by atoms with Crippen LogP contribution in [0.15, 0.2) is 54.7 Å². The number of benzene rings is 2. The lowest BCUT2D eigenvalue weighted by atomic mass is 9.90. The molecule has 0 aliphatic heterocycles. The summed E-state index contributed by atoms with van der Waals surface area (Å²) in [5.74, 6) is 0.317. The van der Waals surface area contributed by atoms with Crippen LogP contribution in [0.25, 0.3) is 21.8 Å². The van der Waals surface area contributed by atoms with Gasteiger partial charge in [-0.05, 0) is 50.1 Å². The molecule has 2 aromatic heterocycles. The zero-order chi connectivity index (χ0) is 18.3. The summed E-state index contributed by atoms with van der Waals surface area (Å²) in [5.41, 5.74) is 13.0. The highest BCUT2D eigenvalue weighted by Gasteiger charge is 2.20. The molecule has 0 fully saturated rings. The van der Waals surface area contributed by atoms with Crippen LogP contribution < -0.4 is 5.73 Å². The van der Waals surface area contributed by atoms with Crippen molar-refractivity contribution in [3.8, 4) is 0 Å². The van der Waals surface area contributed by atoms with Gasteiger partial charge in [-0.15, -0.1) is 0 Å². The van der Waals surface area contributed by atoms with E-state index in [9.17, 15) is 0 Å². The van der Waals surface area contributed by atoms with Crippen molar-refractivity contribution in [1.82, 2.24) is 9.13 Å². The standard InChI is InChI=1S/C23H27N3/c1-4-26-15-21(19-10-6-8-12-23(19)26)17(14-24)13-20-16(2)25(3)22-11-7-5-9-18(20)22/h5-12,15,17H,4,13-14,24H2,1-3H3. The van der Waals surface area contributed by atoms with Crippen LogP contribution in [0.2, 0.25) is 0 Å². The maximum atomic E-state index is 6.28. The molecule has 0 spiro atoms. The molecule has 2 N–H and O–H groups in total. The number of nitrogens with two attached hydrogens (primary N) is 1. The molecule has 1 unspecified atom stereocenters. The van der Waals surface area contributed by atoms with Gasteiger partial charge in [-0.1, -0.05) is 36.4 Å². The van der Waals surface area contributed by atoms with E-state index in [2.05, 4.69) is 84.8 Å². The van der Waals surface area contributed by atoms with Crippen LogP contribution in [-0.4, -0.2) is 15.7 Å². The summed E-state index contributed by atoms with van der Waals surface area (Å²) < 4.78 is 4.64. The minimum atomic E-state index is 0.317. The molecule has 0 radical (unpaired) electrons. The summed E-state index contributed by atoms with van der Waals surface area (Å²) in [7, 11) is 2.15. The summed E-state index contributed by atoms with van der Waals surface area (Å²) in [6.45, 7) is 6.05.